The van der Waals surface area contributed by atoms with Gasteiger partial charge in [-0.25, -0.2) is 4.79 Å². The number of nitro groups is 1. The first-order valence-electron chi connectivity index (χ1n) is 12.5. The Balaban J connectivity index is 1.73. The molecule has 3 aromatic rings. The molecule has 0 aliphatic carbocycles. The number of hydrogen-bond acceptors (Lipinski definition) is 11. The van der Waals surface area contributed by atoms with Crippen LogP contribution in [-0.2, 0) is 16.6 Å². The fourth-order valence-electron chi connectivity index (χ4n) is 3.92. The van der Waals surface area contributed by atoms with E-state index in [-0.39, 0.29) is 45.9 Å². The number of non-ortho nitro benzene ring substituents is 1. The minimum Gasteiger partial charge on any atom is -0.462 e. The van der Waals surface area contributed by atoms with Crippen LogP contribution < -0.4 is 10.6 Å². The smallest absolute Gasteiger partial charge is 0.341 e. The van der Waals surface area contributed by atoms with Gasteiger partial charge in [0.15, 0.2) is 16.8 Å². The van der Waals surface area contributed by atoms with Crippen molar-refractivity contribution in [1.29, 1.82) is 0 Å². The quantitative estimate of drug-likeness (QED) is 0.0997. The van der Waals surface area contributed by atoms with E-state index in [4.69, 9.17) is 4.74 Å². The number of carbonyl (C=O) groups excluding carboxylic acids is 4. The summed E-state index contributed by atoms with van der Waals surface area (Å²) in [5, 5.41) is 25.7. The van der Waals surface area contributed by atoms with Crippen LogP contribution in [0.5, 0.6) is 0 Å². The molecule has 0 saturated carbocycles. The van der Waals surface area contributed by atoms with Crippen molar-refractivity contribution in [2.45, 2.75) is 45.8 Å². The molecule has 13 nitrogen and oxygen atoms in total. The fourth-order valence-corrected chi connectivity index (χ4v) is 5.74. The molecule has 0 aliphatic heterocycles. The maximum atomic E-state index is 12.9. The first-order valence-corrected chi connectivity index (χ1v) is 14.3. The second-order valence-corrected chi connectivity index (χ2v) is 11.2. The summed E-state index contributed by atoms with van der Waals surface area (Å²) in [7, 11) is 1.70. The number of nitro benzene ring substituents is 1. The monoisotopic (exact) mass is 602 g/mol. The molecule has 0 radical (unpaired) electrons. The average molecular weight is 603 g/mol. The molecule has 2 N–H and O–H groups in total. The van der Waals surface area contributed by atoms with Crippen molar-refractivity contribution in [3.8, 4) is 0 Å². The van der Waals surface area contributed by atoms with Gasteiger partial charge in [-0.1, -0.05) is 31.7 Å². The van der Waals surface area contributed by atoms with Gasteiger partial charge in [-0.15, -0.1) is 21.5 Å². The number of ether oxygens (including phenoxy) is 1. The van der Waals surface area contributed by atoms with Gasteiger partial charge in [-0.3, -0.25) is 24.5 Å². The number of thioether (sulfide) groups is 1. The maximum Gasteiger partial charge on any atom is 0.341 e. The third kappa shape index (κ3) is 7.35. The van der Waals surface area contributed by atoms with Crippen LogP contribution in [0.4, 0.5) is 10.7 Å². The highest BCUT2D eigenvalue weighted by Gasteiger charge is 2.27. The van der Waals surface area contributed by atoms with Crippen LogP contribution in [-0.4, -0.2) is 55.6 Å². The lowest BCUT2D eigenvalue weighted by molar-refractivity contribution is -0.384. The Hall–Kier alpha value is -4.11. The third-order valence-corrected chi connectivity index (χ3v) is 8.28. The van der Waals surface area contributed by atoms with Gasteiger partial charge in [0.05, 0.1) is 33.8 Å². The van der Waals surface area contributed by atoms with Crippen molar-refractivity contribution in [2.75, 3.05) is 17.7 Å². The Morgan fingerprint density at radius 3 is 2.54 bits per heavy atom. The molecule has 0 aliphatic rings. The zero-order valence-corrected chi connectivity index (χ0v) is 25.0. The summed E-state index contributed by atoms with van der Waals surface area (Å²) in [4.78, 5) is 61.1. The lowest BCUT2D eigenvalue weighted by atomic mass is 10.0. The second kappa shape index (κ2) is 13.5. The Bertz CT molecular complexity index is 1500. The van der Waals surface area contributed by atoms with Gasteiger partial charge in [-0.05, 0) is 38.3 Å². The molecule has 1 aromatic carbocycles. The summed E-state index contributed by atoms with van der Waals surface area (Å²) in [6.45, 7) is 8.59. The molecule has 0 unspecified atom stereocenters. The number of aromatic nitrogens is 3. The number of anilines is 1. The molecule has 2 aromatic heterocycles. The van der Waals surface area contributed by atoms with E-state index in [1.54, 1.807) is 25.5 Å². The number of Topliss-reactive ketones (excluding diaryl/α,β-unsaturated/α-hetero) is 1. The highest BCUT2D eigenvalue weighted by Crippen LogP contribution is 2.34. The zero-order chi connectivity index (χ0) is 30.4. The number of ketones is 1. The Morgan fingerprint density at radius 2 is 1.93 bits per heavy atom. The van der Waals surface area contributed by atoms with Gasteiger partial charge >= 0.3 is 5.97 Å². The lowest BCUT2D eigenvalue weighted by Gasteiger charge is -2.21. The summed E-state index contributed by atoms with van der Waals surface area (Å²) in [5.41, 5.74) is 0.547. The van der Waals surface area contributed by atoms with E-state index in [0.717, 1.165) is 23.1 Å². The number of rotatable bonds is 12. The minimum atomic E-state index is -0.624. The van der Waals surface area contributed by atoms with Gasteiger partial charge in [0.1, 0.15) is 5.00 Å². The van der Waals surface area contributed by atoms with Crippen LogP contribution in [0.25, 0.3) is 0 Å². The number of nitrogens with zero attached hydrogens (tertiary/aromatic N) is 4. The van der Waals surface area contributed by atoms with Gasteiger partial charge in [0, 0.05) is 24.7 Å². The summed E-state index contributed by atoms with van der Waals surface area (Å²) in [6, 6.07) is 4.85. The number of carbonyl (C=O) groups is 4. The highest BCUT2D eigenvalue weighted by atomic mass is 32.2. The van der Waals surface area contributed by atoms with Crippen LogP contribution in [0.2, 0.25) is 0 Å². The number of nitrogens with one attached hydrogen (secondary N) is 2. The van der Waals surface area contributed by atoms with E-state index < -0.39 is 28.7 Å². The molecule has 1 atom stereocenters. The number of hydrogen-bond donors (Lipinski definition) is 2. The third-order valence-electron chi connectivity index (χ3n) is 5.95. The van der Waals surface area contributed by atoms with E-state index in [1.807, 2.05) is 13.8 Å². The Morgan fingerprint density at radius 1 is 1.22 bits per heavy atom. The molecule has 2 amide bonds. The number of amides is 2. The molecular formula is C26H30N6O7S2. The van der Waals surface area contributed by atoms with Crippen molar-refractivity contribution in [2.24, 2.45) is 13.0 Å². The molecule has 0 spiro atoms. The van der Waals surface area contributed by atoms with Gasteiger partial charge in [-0.2, -0.15) is 0 Å². The van der Waals surface area contributed by atoms with Gasteiger partial charge in [0.2, 0.25) is 5.91 Å². The summed E-state index contributed by atoms with van der Waals surface area (Å²) in [5.74, 6) is -1.53. The lowest BCUT2D eigenvalue weighted by Crippen LogP contribution is -2.33. The standard InChI is InChI=1S/C26H30N6O7S2/c1-7-39-25(36)19-14(4)21(15(5)33)41-24(19)27-18(34)12-40-26-30-29-22(31(26)6)20(13(2)3)28-23(35)16-9-8-10-17(11-16)32(37)38/h8-11,13,20H,7,12H2,1-6H3,(H,27,34)(H,28,35)/t20-/m1/s1. The van der Waals surface area contributed by atoms with E-state index >= 15 is 0 Å². The van der Waals surface area contributed by atoms with Crippen LogP contribution in [0.15, 0.2) is 29.4 Å². The average Bonchev–Trinajstić information content (AvgIpc) is 3.44. The summed E-state index contributed by atoms with van der Waals surface area (Å²) < 4.78 is 6.76. The SMILES string of the molecule is CCOC(=O)c1c(NC(=O)CSc2nnc([C@H](NC(=O)c3cccc([N+](=O)[O-])c3)C(C)C)n2C)sc(C(C)=O)c1C. The van der Waals surface area contributed by atoms with Gasteiger partial charge in [0.25, 0.3) is 11.6 Å². The normalized spacial score (nSPS) is 11.7. The van der Waals surface area contributed by atoms with E-state index in [0.29, 0.717) is 21.4 Å². The number of benzene rings is 1. The van der Waals surface area contributed by atoms with E-state index in [1.165, 1.54) is 31.2 Å². The molecule has 0 fully saturated rings. The summed E-state index contributed by atoms with van der Waals surface area (Å²) >= 11 is 2.11. The highest BCUT2D eigenvalue weighted by molar-refractivity contribution is 7.99. The van der Waals surface area contributed by atoms with Gasteiger partial charge < -0.3 is 19.9 Å². The van der Waals surface area contributed by atoms with Crippen molar-refractivity contribution in [3.63, 3.8) is 0 Å². The van der Waals surface area contributed by atoms with Crippen LogP contribution in [0.3, 0.4) is 0 Å². The predicted octanol–water partition coefficient (Wildman–Crippen LogP) is 4.33. The number of thiophene rings is 1. The van der Waals surface area contributed by atoms with Crippen molar-refractivity contribution < 1.29 is 28.8 Å². The van der Waals surface area contributed by atoms with E-state index in [9.17, 15) is 29.3 Å². The maximum absolute atomic E-state index is 12.9. The molecule has 3 rings (SSSR count). The summed E-state index contributed by atoms with van der Waals surface area (Å²) in [6.07, 6.45) is 0. The molecule has 15 heteroatoms. The van der Waals surface area contributed by atoms with Crippen LogP contribution in [0, 0.1) is 23.0 Å². The van der Waals surface area contributed by atoms with Crippen LogP contribution in [0.1, 0.15) is 75.5 Å². The largest absolute Gasteiger partial charge is 0.462 e. The first kappa shape index (κ1) is 31.4. The molecule has 41 heavy (non-hydrogen) atoms. The topological polar surface area (TPSA) is 175 Å². The molecule has 0 saturated heterocycles. The van der Waals surface area contributed by atoms with Crippen molar-refractivity contribution in [3.05, 3.63) is 61.8 Å². The van der Waals surface area contributed by atoms with Crippen LogP contribution >= 0.6 is 23.1 Å². The van der Waals surface area contributed by atoms with Crippen molar-refractivity contribution in [1.82, 2.24) is 20.1 Å². The number of esters is 1. The Labute approximate surface area is 244 Å². The molecular weight excluding hydrogens is 572 g/mol. The van der Waals surface area contributed by atoms with E-state index in [2.05, 4.69) is 20.8 Å². The first-order chi connectivity index (χ1) is 19.3. The second-order valence-electron chi connectivity index (χ2n) is 9.28. The molecule has 0 bridgehead atoms. The minimum absolute atomic E-state index is 0.0764. The zero-order valence-electron chi connectivity index (χ0n) is 23.3. The Kier molecular flexibility index (Phi) is 10.3. The predicted molar refractivity (Wildman–Crippen MR) is 154 cm³/mol. The van der Waals surface area contributed by atoms with Crippen molar-refractivity contribution >= 4 is 57.4 Å². The molecule has 2 heterocycles. The molecule has 218 valence electrons. The fraction of sp³-hybridized carbons (Fsp3) is 0.385.